The van der Waals surface area contributed by atoms with E-state index in [0.29, 0.717) is 32.7 Å². The minimum atomic E-state index is 0.167. The number of rotatable bonds is 10. The van der Waals surface area contributed by atoms with Crippen molar-refractivity contribution in [2.75, 3.05) is 26.9 Å². The number of halogens is 1. The molecule has 5 nitrogen and oxygen atoms in total. The number of Topliss-reactive ketones (excluding diaryl/α,β-unsaturated/α-hetero) is 1. The molecule has 1 aromatic heterocycles. The third-order valence-electron chi connectivity index (χ3n) is 3.02. The molecule has 0 aromatic carbocycles. The monoisotopic (exact) mass is 346 g/mol. The van der Waals surface area contributed by atoms with Crippen LogP contribution in [0.15, 0.2) is 4.47 Å². The quantitative estimate of drug-likeness (QED) is 0.610. The van der Waals surface area contributed by atoms with Crippen LogP contribution in [0.4, 0.5) is 0 Å². The topological polar surface area (TPSA) is 53.4 Å². The summed E-state index contributed by atoms with van der Waals surface area (Å²) in [6.07, 6.45) is 1.68. The molecule has 1 heterocycles. The maximum atomic E-state index is 12.0. The molecular weight excluding hydrogens is 324 g/mol. The number of nitrogens with zero attached hydrogens (tertiary/aromatic N) is 2. The molecule has 1 rings (SSSR count). The lowest BCUT2D eigenvalue weighted by molar-refractivity contribution is -0.119. The fourth-order valence-corrected chi connectivity index (χ4v) is 2.60. The van der Waals surface area contributed by atoms with Crippen molar-refractivity contribution in [3.05, 3.63) is 15.9 Å². The average Bonchev–Trinajstić information content (AvgIpc) is 2.75. The van der Waals surface area contributed by atoms with Gasteiger partial charge in [-0.05, 0) is 29.3 Å². The van der Waals surface area contributed by atoms with Gasteiger partial charge in [0, 0.05) is 26.5 Å². The summed E-state index contributed by atoms with van der Waals surface area (Å²) >= 11 is 3.55. The van der Waals surface area contributed by atoms with Gasteiger partial charge in [0.2, 0.25) is 0 Å². The molecule has 0 N–H and O–H groups in total. The second kappa shape index (κ2) is 9.26. The van der Waals surface area contributed by atoms with Crippen LogP contribution in [-0.4, -0.2) is 42.5 Å². The summed E-state index contributed by atoms with van der Waals surface area (Å²) in [6, 6.07) is 0. The SMILES string of the molecule is CCc1nn(CC)c(CC(=O)CCOCCOC)c1Br. The molecule has 0 saturated carbocycles. The number of aryl methyl sites for hydroxylation is 2. The van der Waals surface area contributed by atoms with Crippen LogP contribution >= 0.6 is 15.9 Å². The lowest BCUT2D eigenvalue weighted by atomic mass is 10.1. The number of hydrogen-bond donors (Lipinski definition) is 0. The molecule has 0 aliphatic heterocycles. The number of hydrogen-bond acceptors (Lipinski definition) is 4. The number of ketones is 1. The molecule has 6 heteroatoms. The standard InChI is InChI=1S/C14H23BrN2O3/c1-4-12-14(15)13(17(5-2)16-12)10-11(18)6-7-20-9-8-19-3/h4-10H2,1-3H3. The van der Waals surface area contributed by atoms with Gasteiger partial charge >= 0.3 is 0 Å². The van der Waals surface area contributed by atoms with Crippen LogP contribution in [0.1, 0.15) is 31.7 Å². The number of ether oxygens (including phenoxy) is 2. The molecule has 1 aromatic rings. The predicted octanol–water partition coefficient (Wildman–Crippen LogP) is 2.39. The van der Waals surface area contributed by atoms with E-state index in [4.69, 9.17) is 9.47 Å². The van der Waals surface area contributed by atoms with E-state index in [0.717, 1.165) is 28.8 Å². The van der Waals surface area contributed by atoms with Crippen molar-refractivity contribution in [1.82, 2.24) is 9.78 Å². The van der Waals surface area contributed by atoms with Gasteiger partial charge in [0.25, 0.3) is 0 Å². The van der Waals surface area contributed by atoms with Crippen LogP contribution in [0, 0.1) is 0 Å². The molecule has 0 saturated heterocycles. The Morgan fingerprint density at radius 1 is 1.30 bits per heavy atom. The van der Waals surface area contributed by atoms with Gasteiger partial charge in [0.1, 0.15) is 5.78 Å². The second-order valence-electron chi connectivity index (χ2n) is 4.45. The molecule has 0 unspecified atom stereocenters. The number of aromatic nitrogens is 2. The summed E-state index contributed by atoms with van der Waals surface area (Å²) < 4.78 is 13.1. The molecule has 0 amide bonds. The highest BCUT2D eigenvalue weighted by Crippen LogP contribution is 2.23. The lowest BCUT2D eigenvalue weighted by Gasteiger charge is -2.06. The van der Waals surface area contributed by atoms with E-state index < -0.39 is 0 Å². The molecule has 20 heavy (non-hydrogen) atoms. The maximum absolute atomic E-state index is 12.0. The van der Waals surface area contributed by atoms with E-state index in [9.17, 15) is 4.79 Å². The first kappa shape index (κ1) is 17.3. The van der Waals surface area contributed by atoms with Crippen molar-refractivity contribution >= 4 is 21.7 Å². The summed E-state index contributed by atoms with van der Waals surface area (Å²) in [5.41, 5.74) is 1.97. The van der Waals surface area contributed by atoms with Crippen molar-refractivity contribution in [2.24, 2.45) is 0 Å². The van der Waals surface area contributed by atoms with Crippen LogP contribution in [0.5, 0.6) is 0 Å². The first-order valence-electron chi connectivity index (χ1n) is 6.96. The Kier molecular flexibility index (Phi) is 8.02. The fraction of sp³-hybridized carbons (Fsp3) is 0.714. The second-order valence-corrected chi connectivity index (χ2v) is 5.24. The van der Waals surface area contributed by atoms with Gasteiger partial charge in [0.05, 0.1) is 35.7 Å². The van der Waals surface area contributed by atoms with E-state index in [1.165, 1.54) is 0 Å². The van der Waals surface area contributed by atoms with Gasteiger partial charge in [-0.3, -0.25) is 9.48 Å². The largest absolute Gasteiger partial charge is 0.382 e. The molecule has 0 spiro atoms. The number of methoxy groups -OCH3 is 1. The predicted molar refractivity (Wildman–Crippen MR) is 81.0 cm³/mol. The van der Waals surface area contributed by atoms with Crippen molar-refractivity contribution in [2.45, 2.75) is 39.7 Å². The molecule has 114 valence electrons. The fourth-order valence-electron chi connectivity index (χ4n) is 1.89. The Morgan fingerprint density at radius 3 is 2.65 bits per heavy atom. The molecule has 0 aliphatic carbocycles. The molecule has 0 bridgehead atoms. The smallest absolute Gasteiger partial charge is 0.141 e. The van der Waals surface area contributed by atoms with Crippen LogP contribution in [0.25, 0.3) is 0 Å². The third-order valence-corrected chi connectivity index (χ3v) is 3.93. The number of carbonyl (C=O) groups excluding carboxylic acids is 1. The van der Waals surface area contributed by atoms with E-state index >= 15 is 0 Å². The molecule has 0 fully saturated rings. The first-order valence-corrected chi connectivity index (χ1v) is 7.75. The van der Waals surface area contributed by atoms with Crippen molar-refractivity contribution in [3.8, 4) is 0 Å². The zero-order valence-corrected chi connectivity index (χ0v) is 14.0. The van der Waals surface area contributed by atoms with Crippen molar-refractivity contribution in [1.29, 1.82) is 0 Å². The normalized spacial score (nSPS) is 11.0. The van der Waals surface area contributed by atoms with E-state index in [1.54, 1.807) is 7.11 Å². The minimum absolute atomic E-state index is 0.167. The Morgan fingerprint density at radius 2 is 2.05 bits per heavy atom. The van der Waals surface area contributed by atoms with Crippen molar-refractivity contribution in [3.63, 3.8) is 0 Å². The van der Waals surface area contributed by atoms with Gasteiger partial charge in [-0.1, -0.05) is 6.92 Å². The van der Waals surface area contributed by atoms with E-state index in [2.05, 4.69) is 28.0 Å². The summed E-state index contributed by atoms with van der Waals surface area (Å²) in [5, 5.41) is 4.49. The van der Waals surface area contributed by atoms with Gasteiger partial charge in [-0.2, -0.15) is 5.10 Å². The van der Waals surface area contributed by atoms with Crippen LogP contribution in [-0.2, 0) is 33.7 Å². The third kappa shape index (κ3) is 5.00. The minimum Gasteiger partial charge on any atom is -0.382 e. The average molecular weight is 347 g/mol. The summed E-state index contributed by atoms with van der Waals surface area (Å²) in [4.78, 5) is 12.0. The summed E-state index contributed by atoms with van der Waals surface area (Å²) in [7, 11) is 1.63. The molecule has 0 atom stereocenters. The van der Waals surface area contributed by atoms with Crippen molar-refractivity contribution < 1.29 is 14.3 Å². The van der Waals surface area contributed by atoms with Crippen LogP contribution in [0.3, 0.4) is 0 Å². The van der Waals surface area contributed by atoms with Crippen LogP contribution in [0.2, 0.25) is 0 Å². The van der Waals surface area contributed by atoms with E-state index in [-0.39, 0.29) is 5.78 Å². The zero-order chi connectivity index (χ0) is 15.0. The van der Waals surface area contributed by atoms with Gasteiger partial charge in [0.15, 0.2) is 0 Å². The summed E-state index contributed by atoms with van der Waals surface area (Å²) in [5.74, 6) is 0.167. The summed E-state index contributed by atoms with van der Waals surface area (Å²) in [6.45, 7) is 6.39. The Labute approximate surface area is 128 Å². The molecule has 0 aliphatic rings. The Balaban J connectivity index is 2.51. The first-order chi connectivity index (χ1) is 9.63. The maximum Gasteiger partial charge on any atom is 0.141 e. The highest BCUT2D eigenvalue weighted by Gasteiger charge is 2.16. The van der Waals surface area contributed by atoms with Gasteiger partial charge in [-0.15, -0.1) is 0 Å². The van der Waals surface area contributed by atoms with E-state index in [1.807, 2.05) is 11.6 Å². The van der Waals surface area contributed by atoms with Gasteiger partial charge in [-0.25, -0.2) is 0 Å². The number of carbonyl (C=O) groups is 1. The van der Waals surface area contributed by atoms with Gasteiger partial charge < -0.3 is 9.47 Å². The molecule has 0 radical (unpaired) electrons. The van der Waals surface area contributed by atoms with Crippen LogP contribution < -0.4 is 0 Å². The zero-order valence-electron chi connectivity index (χ0n) is 12.4. The Bertz CT molecular complexity index is 432. The lowest BCUT2D eigenvalue weighted by Crippen LogP contribution is -2.13. The highest BCUT2D eigenvalue weighted by atomic mass is 79.9. The highest BCUT2D eigenvalue weighted by molar-refractivity contribution is 9.10. The molecular formula is C14H23BrN2O3. The Hall–Kier alpha value is -0.720.